The molecule has 2 atom stereocenters. The van der Waals surface area contributed by atoms with E-state index in [1.165, 1.54) is 12.0 Å². The van der Waals surface area contributed by atoms with Crippen LogP contribution in [0.15, 0.2) is 12.7 Å². The highest BCUT2D eigenvalue weighted by Crippen LogP contribution is 2.42. The summed E-state index contributed by atoms with van der Waals surface area (Å²) in [5.74, 6) is -0.345. The molecule has 0 aliphatic carbocycles. The highest BCUT2D eigenvalue weighted by molar-refractivity contribution is 6.45. The second kappa shape index (κ2) is 8.54. The Bertz CT molecular complexity index is 655. The minimum atomic E-state index is -1.10. The molecule has 0 N–H and O–H groups in total. The second-order valence-electron chi connectivity index (χ2n) is 10.4. The van der Waals surface area contributed by atoms with Gasteiger partial charge >= 0.3 is 19.2 Å². The minimum Gasteiger partial charge on any atom is -0.467 e. The number of ether oxygens (including phenoxy) is 2. The molecule has 8 heteroatoms. The van der Waals surface area contributed by atoms with Gasteiger partial charge in [-0.15, -0.1) is 6.58 Å². The molecule has 2 rings (SSSR count). The molecule has 2 aliphatic rings. The zero-order valence-corrected chi connectivity index (χ0v) is 19.9. The summed E-state index contributed by atoms with van der Waals surface area (Å²) in [5, 5.41) is 0. The maximum Gasteiger partial charge on any atom is 0.457 e. The van der Waals surface area contributed by atoms with Gasteiger partial charge in [-0.2, -0.15) is 0 Å². The first-order valence-corrected chi connectivity index (χ1v) is 10.7. The Morgan fingerprint density at radius 3 is 2.23 bits per heavy atom. The van der Waals surface area contributed by atoms with Crippen LogP contribution in [0.3, 0.4) is 0 Å². The number of hydrogen-bond acceptors (Lipinski definition) is 6. The Balaban J connectivity index is 2.16. The molecule has 2 heterocycles. The lowest BCUT2D eigenvalue weighted by molar-refractivity contribution is -0.153. The second-order valence-corrected chi connectivity index (χ2v) is 10.4. The summed E-state index contributed by atoms with van der Waals surface area (Å²) in [6.07, 6.45) is 3.39. The van der Waals surface area contributed by atoms with E-state index in [2.05, 4.69) is 6.58 Å². The summed E-state index contributed by atoms with van der Waals surface area (Å²) >= 11 is 0. The van der Waals surface area contributed by atoms with Crippen LogP contribution < -0.4 is 0 Å². The molecule has 0 saturated carbocycles. The smallest absolute Gasteiger partial charge is 0.457 e. The van der Waals surface area contributed by atoms with E-state index in [9.17, 15) is 9.59 Å². The van der Waals surface area contributed by atoms with E-state index < -0.39 is 23.2 Å². The van der Waals surface area contributed by atoms with Crippen LogP contribution in [-0.2, 0) is 23.6 Å². The van der Waals surface area contributed by atoms with Crippen LogP contribution >= 0.6 is 0 Å². The standard InChI is InChI=1S/C22H38BNO6/c1-10-12-22(17(25)27-9)14-16(15-24(22)18(26)28-19(2,3)4)11-13-23-29-20(5,6)21(7,8)30-23/h10,16H,1,11-15H2,2-9H3. The van der Waals surface area contributed by atoms with Crippen LogP contribution in [0.5, 0.6) is 0 Å². The monoisotopic (exact) mass is 423 g/mol. The normalized spacial score (nSPS) is 27.8. The first-order valence-electron chi connectivity index (χ1n) is 10.7. The van der Waals surface area contributed by atoms with Crippen LogP contribution in [0, 0.1) is 5.92 Å². The van der Waals surface area contributed by atoms with Gasteiger partial charge in [-0.25, -0.2) is 9.59 Å². The van der Waals surface area contributed by atoms with Gasteiger partial charge in [0.2, 0.25) is 0 Å². The van der Waals surface area contributed by atoms with Gasteiger partial charge in [0, 0.05) is 6.54 Å². The van der Waals surface area contributed by atoms with Crippen molar-refractivity contribution in [1.29, 1.82) is 0 Å². The maximum atomic E-state index is 13.0. The Labute approximate surface area is 181 Å². The van der Waals surface area contributed by atoms with Crippen LogP contribution in [0.25, 0.3) is 0 Å². The number of hydrogen-bond donors (Lipinski definition) is 0. The number of carbonyl (C=O) groups is 2. The highest BCUT2D eigenvalue weighted by Gasteiger charge is 2.55. The number of esters is 1. The molecule has 1 amide bonds. The third-order valence-electron chi connectivity index (χ3n) is 6.36. The van der Waals surface area contributed by atoms with Crippen molar-refractivity contribution in [3.8, 4) is 0 Å². The van der Waals surface area contributed by atoms with Crippen molar-refractivity contribution in [2.75, 3.05) is 13.7 Å². The van der Waals surface area contributed by atoms with Gasteiger partial charge in [0.05, 0.1) is 18.3 Å². The molecule has 0 aromatic rings. The van der Waals surface area contributed by atoms with Crippen LogP contribution in [0.4, 0.5) is 4.79 Å². The average Bonchev–Trinajstić information content (AvgIpc) is 3.06. The van der Waals surface area contributed by atoms with Gasteiger partial charge in [-0.1, -0.05) is 12.5 Å². The largest absolute Gasteiger partial charge is 0.467 e. The molecule has 2 aliphatic heterocycles. The topological polar surface area (TPSA) is 74.3 Å². The van der Waals surface area contributed by atoms with Gasteiger partial charge in [0.25, 0.3) is 0 Å². The molecule has 2 unspecified atom stereocenters. The molecule has 0 aromatic heterocycles. The quantitative estimate of drug-likeness (QED) is 0.362. The SMILES string of the molecule is C=CCC1(C(=O)OC)CC(CCB2OC(C)(C)C(C)(C)O2)CN1C(=O)OC(C)(C)C. The molecule has 0 radical (unpaired) electrons. The summed E-state index contributed by atoms with van der Waals surface area (Å²) in [6, 6.07) is 0. The third kappa shape index (κ3) is 5.02. The lowest BCUT2D eigenvalue weighted by atomic mass is 9.78. The van der Waals surface area contributed by atoms with E-state index in [1.807, 2.05) is 48.5 Å². The summed E-state index contributed by atoms with van der Waals surface area (Å²) in [7, 11) is 1.04. The van der Waals surface area contributed by atoms with E-state index in [1.54, 1.807) is 6.08 Å². The third-order valence-corrected chi connectivity index (χ3v) is 6.36. The zero-order chi connectivity index (χ0) is 23.0. The molecule has 7 nitrogen and oxygen atoms in total. The first kappa shape index (κ1) is 24.7. The molecule has 2 saturated heterocycles. The summed E-state index contributed by atoms with van der Waals surface area (Å²) < 4.78 is 22.9. The molecule has 0 aromatic carbocycles. The van der Waals surface area contributed by atoms with Crippen molar-refractivity contribution in [2.45, 2.75) is 96.4 Å². The molecule has 170 valence electrons. The van der Waals surface area contributed by atoms with Crippen molar-refractivity contribution in [3.05, 3.63) is 12.7 Å². The van der Waals surface area contributed by atoms with Crippen LogP contribution in [0.2, 0.25) is 6.32 Å². The van der Waals surface area contributed by atoms with Crippen LogP contribution in [-0.4, -0.2) is 60.1 Å². The van der Waals surface area contributed by atoms with Gasteiger partial charge in [-0.05, 0) is 73.5 Å². The summed E-state index contributed by atoms with van der Waals surface area (Å²) in [5.41, 5.74) is -2.52. The number of likely N-dealkylation sites (tertiary alicyclic amines) is 1. The molecular formula is C22H38BNO6. The Morgan fingerprint density at radius 1 is 1.20 bits per heavy atom. The number of nitrogens with zero attached hydrogens (tertiary/aromatic N) is 1. The van der Waals surface area contributed by atoms with E-state index >= 15 is 0 Å². The fourth-order valence-electron chi connectivity index (χ4n) is 4.20. The Hall–Kier alpha value is -1.54. The molecule has 30 heavy (non-hydrogen) atoms. The van der Waals surface area contributed by atoms with E-state index in [-0.39, 0.29) is 24.2 Å². The van der Waals surface area contributed by atoms with E-state index in [4.69, 9.17) is 18.8 Å². The molecular weight excluding hydrogens is 385 g/mol. The zero-order valence-electron chi connectivity index (χ0n) is 19.9. The van der Waals surface area contributed by atoms with Crippen LogP contribution in [0.1, 0.15) is 67.7 Å². The number of amides is 1. The minimum absolute atomic E-state index is 0.0931. The molecule has 2 fully saturated rings. The van der Waals surface area contributed by atoms with Crippen molar-refractivity contribution in [3.63, 3.8) is 0 Å². The van der Waals surface area contributed by atoms with E-state index in [0.717, 1.165) is 6.42 Å². The Morgan fingerprint density at radius 2 is 1.77 bits per heavy atom. The van der Waals surface area contributed by atoms with Crippen molar-refractivity contribution >= 4 is 19.2 Å². The van der Waals surface area contributed by atoms with Crippen molar-refractivity contribution in [1.82, 2.24) is 4.90 Å². The Kier molecular flexibility index (Phi) is 7.04. The van der Waals surface area contributed by atoms with E-state index in [0.29, 0.717) is 25.7 Å². The number of rotatable bonds is 6. The lowest BCUT2D eigenvalue weighted by Crippen LogP contribution is -2.54. The van der Waals surface area contributed by atoms with Gasteiger partial charge in [0.1, 0.15) is 11.1 Å². The maximum absolute atomic E-state index is 13.0. The summed E-state index contributed by atoms with van der Waals surface area (Å²) in [4.78, 5) is 27.3. The predicted molar refractivity (Wildman–Crippen MR) is 116 cm³/mol. The fourth-order valence-corrected chi connectivity index (χ4v) is 4.20. The fraction of sp³-hybridized carbons (Fsp3) is 0.818. The molecule has 0 spiro atoms. The van der Waals surface area contributed by atoms with Gasteiger partial charge in [-0.3, -0.25) is 4.90 Å². The molecule has 0 bridgehead atoms. The van der Waals surface area contributed by atoms with Crippen molar-refractivity contribution in [2.24, 2.45) is 5.92 Å². The predicted octanol–water partition coefficient (Wildman–Crippen LogP) is 4.21. The number of methoxy groups -OCH3 is 1. The lowest BCUT2D eigenvalue weighted by Gasteiger charge is -2.36. The van der Waals surface area contributed by atoms with Gasteiger partial charge < -0.3 is 18.8 Å². The first-order chi connectivity index (χ1) is 13.7. The summed E-state index contributed by atoms with van der Waals surface area (Å²) in [6.45, 7) is 17.7. The highest BCUT2D eigenvalue weighted by atomic mass is 16.7. The van der Waals surface area contributed by atoms with Gasteiger partial charge in [0.15, 0.2) is 0 Å². The number of carbonyl (C=O) groups excluding carboxylic acids is 2. The van der Waals surface area contributed by atoms with Crippen molar-refractivity contribution < 1.29 is 28.4 Å². The average molecular weight is 423 g/mol.